The van der Waals surface area contributed by atoms with E-state index in [-0.39, 0.29) is 5.97 Å². The Labute approximate surface area is 94.2 Å². The maximum atomic E-state index is 11.3. The fraction of sp³-hybridized carbons (Fsp3) is 0.417. The second-order valence-electron chi connectivity index (χ2n) is 3.97. The molecule has 1 aromatic carbocycles. The molecule has 0 aromatic heterocycles. The van der Waals surface area contributed by atoms with E-state index in [1.165, 1.54) is 12.7 Å². The molecule has 0 heterocycles. The van der Waals surface area contributed by atoms with Gasteiger partial charge < -0.3 is 4.74 Å². The summed E-state index contributed by atoms with van der Waals surface area (Å²) in [5.41, 5.74) is 1.25. The Balaban J connectivity index is 2.02. The Morgan fingerprint density at radius 3 is 2.53 bits per heavy atom. The second-order valence-corrected chi connectivity index (χ2v) is 4.70. The zero-order valence-electron chi connectivity index (χ0n) is 8.57. The monoisotopic (exact) mass is 224 g/mol. The Kier molecular flexibility index (Phi) is 2.70. The first-order valence-electron chi connectivity index (χ1n) is 4.98. The van der Waals surface area contributed by atoms with Crippen LogP contribution in [0.25, 0.3) is 0 Å². The number of hydrogen-bond donors (Lipinski definition) is 0. The van der Waals surface area contributed by atoms with Crippen molar-refractivity contribution < 1.29 is 9.53 Å². The molecule has 2 rings (SSSR count). The fourth-order valence-electron chi connectivity index (χ4n) is 2.03. The summed E-state index contributed by atoms with van der Waals surface area (Å²) in [6.45, 7) is 0. The SMILES string of the molecule is COC(=O)C1(Cl)CC(c2ccccc2)C1. The van der Waals surface area contributed by atoms with E-state index < -0.39 is 4.87 Å². The number of hydrogen-bond acceptors (Lipinski definition) is 2. The molecule has 0 unspecified atom stereocenters. The first-order valence-corrected chi connectivity index (χ1v) is 5.36. The molecule has 1 aliphatic carbocycles. The lowest BCUT2D eigenvalue weighted by Crippen LogP contribution is -2.45. The summed E-state index contributed by atoms with van der Waals surface area (Å²) < 4.78 is 4.67. The third-order valence-electron chi connectivity index (χ3n) is 2.96. The molecule has 1 aromatic rings. The van der Waals surface area contributed by atoms with Crippen molar-refractivity contribution in [3.8, 4) is 0 Å². The third-order valence-corrected chi connectivity index (χ3v) is 3.43. The Bertz CT molecular complexity index is 355. The van der Waals surface area contributed by atoms with Gasteiger partial charge in [0.1, 0.15) is 4.87 Å². The quantitative estimate of drug-likeness (QED) is 0.570. The van der Waals surface area contributed by atoms with Gasteiger partial charge in [0.2, 0.25) is 0 Å². The van der Waals surface area contributed by atoms with Gasteiger partial charge in [-0.15, -0.1) is 11.6 Å². The summed E-state index contributed by atoms with van der Waals surface area (Å²) in [4.78, 5) is 10.6. The smallest absolute Gasteiger partial charge is 0.326 e. The lowest BCUT2D eigenvalue weighted by molar-refractivity contribution is -0.146. The van der Waals surface area contributed by atoms with E-state index in [1.807, 2.05) is 18.2 Å². The molecule has 0 N–H and O–H groups in total. The summed E-state index contributed by atoms with van der Waals surface area (Å²) in [5.74, 6) is 0.0825. The van der Waals surface area contributed by atoms with Crippen molar-refractivity contribution in [3.05, 3.63) is 35.9 Å². The van der Waals surface area contributed by atoms with Crippen LogP contribution in [0.4, 0.5) is 0 Å². The van der Waals surface area contributed by atoms with E-state index in [0.717, 1.165) is 0 Å². The lowest BCUT2D eigenvalue weighted by atomic mass is 9.71. The Morgan fingerprint density at radius 1 is 1.40 bits per heavy atom. The van der Waals surface area contributed by atoms with E-state index in [1.54, 1.807) is 0 Å². The molecule has 0 radical (unpaired) electrons. The maximum Gasteiger partial charge on any atom is 0.326 e. The average molecular weight is 225 g/mol. The van der Waals surface area contributed by atoms with Crippen molar-refractivity contribution in [1.82, 2.24) is 0 Å². The summed E-state index contributed by atoms with van der Waals surface area (Å²) in [7, 11) is 1.38. The molecule has 0 amide bonds. The van der Waals surface area contributed by atoms with Gasteiger partial charge in [-0.1, -0.05) is 30.3 Å². The van der Waals surface area contributed by atoms with Gasteiger partial charge in [0.25, 0.3) is 0 Å². The molecule has 15 heavy (non-hydrogen) atoms. The van der Waals surface area contributed by atoms with Crippen LogP contribution in [0, 0.1) is 0 Å². The normalized spacial score (nSPS) is 29.3. The molecule has 2 nitrogen and oxygen atoms in total. The van der Waals surface area contributed by atoms with Gasteiger partial charge in [0.15, 0.2) is 0 Å². The largest absolute Gasteiger partial charge is 0.468 e. The van der Waals surface area contributed by atoms with Crippen LogP contribution in [-0.4, -0.2) is 18.0 Å². The van der Waals surface area contributed by atoms with E-state index in [9.17, 15) is 4.79 Å². The van der Waals surface area contributed by atoms with Crippen molar-refractivity contribution in [2.24, 2.45) is 0 Å². The Morgan fingerprint density at radius 2 is 2.00 bits per heavy atom. The first kappa shape index (κ1) is 10.5. The maximum absolute atomic E-state index is 11.3. The van der Waals surface area contributed by atoms with Crippen molar-refractivity contribution in [1.29, 1.82) is 0 Å². The molecule has 1 aliphatic rings. The van der Waals surface area contributed by atoms with Crippen molar-refractivity contribution in [2.75, 3.05) is 7.11 Å². The van der Waals surface area contributed by atoms with Crippen LogP contribution >= 0.6 is 11.6 Å². The summed E-state index contributed by atoms with van der Waals surface area (Å²) in [6, 6.07) is 10.1. The van der Waals surface area contributed by atoms with Gasteiger partial charge in [-0.3, -0.25) is 4.79 Å². The number of rotatable bonds is 2. The number of ether oxygens (including phenoxy) is 1. The van der Waals surface area contributed by atoms with E-state index in [0.29, 0.717) is 18.8 Å². The van der Waals surface area contributed by atoms with E-state index in [2.05, 4.69) is 16.9 Å². The number of carbonyl (C=O) groups excluding carboxylic acids is 1. The van der Waals surface area contributed by atoms with Crippen LogP contribution in [0.1, 0.15) is 24.3 Å². The van der Waals surface area contributed by atoms with Crippen molar-refractivity contribution in [2.45, 2.75) is 23.6 Å². The fourth-order valence-corrected chi connectivity index (χ4v) is 2.48. The minimum absolute atomic E-state index is 0.309. The van der Waals surface area contributed by atoms with Gasteiger partial charge in [-0.05, 0) is 24.3 Å². The number of esters is 1. The zero-order valence-corrected chi connectivity index (χ0v) is 9.33. The molecule has 0 aliphatic heterocycles. The topological polar surface area (TPSA) is 26.3 Å². The van der Waals surface area contributed by atoms with Crippen LogP contribution in [0.15, 0.2) is 30.3 Å². The highest BCUT2D eigenvalue weighted by atomic mass is 35.5. The highest BCUT2D eigenvalue weighted by Crippen LogP contribution is 2.49. The minimum atomic E-state index is -0.782. The molecule has 1 saturated carbocycles. The van der Waals surface area contributed by atoms with Crippen LogP contribution < -0.4 is 0 Å². The van der Waals surface area contributed by atoms with Crippen LogP contribution in [0.5, 0.6) is 0 Å². The molecule has 3 heteroatoms. The predicted octanol–water partition coefficient (Wildman–Crippen LogP) is 2.71. The second kappa shape index (κ2) is 3.86. The lowest BCUT2D eigenvalue weighted by Gasteiger charge is -2.40. The van der Waals surface area contributed by atoms with Gasteiger partial charge in [0, 0.05) is 0 Å². The number of alkyl halides is 1. The van der Waals surface area contributed by atoms with E-state index in [4.69, 9.17) is 11.6 Å². The highest BCUT2D eigenvalue weighted by Gasteiger charge is 2.50. The molecule has 0 atom stereocenters. The molecular weight excluding hydrogens is 212 g/mol. The number of halogens is 1. The van der Waals surface area contributed by atoms with Crippen molar-refractivity contribution >= 4 is 17.6 Å². The third kappa shape index (κ3) is 1.86. The van der Waals surface area contributed by atoms with Crippen molar-refractivity contribution in [3.63, 3.8) is 0 Å². The zero-order chi connectivity index (χ0) is 10.9. The average Bonchev–Trinajstić information content (AvgIpc) is 2.25. The van der Waals surface area contributed by atoms with Gasteiger partial charge in [0.05, 0.1) is 7.11 Å². The van der Waals surface area contributed by atoms with Crippen LogP contribution in [-0.2, 0) is 9.53 Å². The molecule has 0 spiro atoms. The van der Waals surface area contributed by atoms with Gasteiger partial charge >= 0.3 is 5.97 Å². The van der Waals surface area contributed by atoms with Gasteiger partial charge in [-0.2, -0.15) is 0 Å². The molecule has 0 saturated heterocycles. The number of carbonyl (C=O) groups is 1. The number of methoxy groups -OCH3 is 1. The Hall–Kier alpha value is -1.02. The predicted molar refractivity (Wildman–Crippen MR) is 59.0 cm³/mol. The molecule has 0 bridgehead atoms. The molecule has 80 valence electrons. The van der Waals surface area contributed by atoms with Crippen LogP contribution in [0.3, 0.4) is 0 Å². The minimum Gasteiger partial charge on any atom is -0.468 e. The summed E-state index contributed by atoms with van der Waals surface area (Å²) >= 11 is 6.13. The molecular formula is C12H13ClO2. The summed E-state index contributed by atoms with van der Waals surface area (Å²) in [5, 5.41) is 0. The van der Waals surface area contributed by atoms with Crippen LogP contribution in [0.2, 0.25) is 0 Å². The first-order chi connectivity index (χ1) is 7.15. The molecule has 1 fully saturated rings. The van der Waals surface area contributed by atoms with Gasteiger partial charge in [-0.25, -0.2) is 0 Å². The highest BCUT2D eigenvalue weighted by molar-refractivity contribution is 6.34. The standard InChI is InChI=1S/C12H13ClO2/c1-15-11(14)12(13)7-10(8-12)9-5-3-2-4-6-9/h2-6,10H,7-8H2,1H3. The number of benzene rings is 1. The summed E-state index contributed by atoms with van der Waals surface area (Å²) in [6.07, 6.45) is 1.34. The van der Waals surface area contributed by atoms with E-state index >= 15 is 0 Å².